The number of aliphatic hydroxyl groups excluding tert-OH is 1. The molecular weight excluding hydrogens is 688 g/mol. The largest absolute Gasteiger partial charge is 0.477 e. The molecule has 53 heavy (non-hydrogen) atoms. The Labute approximate surface area is 306 Å². The molecule has 0 radical (unpaired) electrons. The number of aromatic nitrogens is 1. The molecule has 4 aliphatic carbocycles. The minimum absolute atomic E-state index is 0.0316. The average Bonchev–Trinajstić information content (AvgIpc) is 3.75. The van der Waals surface area contributed by atoms with Gasteiger partial charge in [-0.2, -0.15) is 0 Å². The van der Waals surface area contributed by atoms with E-state index in [1.165, 1.54) is 10.6 Å². The molecule has 1 saturated heterocycles. The van der Waals surface area contributed by atoms with Gasteiger partial charge in [0.25, 0.3) is 0 Å². The lowest BCUT2D eigenvalue weighted by Gasteiger charge is -2.61. The highest BCUT2D eigenvalue weighted by molar-refractivity contribution is 5.94. The van der Waals surface area contributed by atoms with E-state index < -0.39 is 87.3 Å². The Morgan fingerprint density at radius 1 is 1.09 bits per heavy atom. The van der Waals surface area contributed by atoms with Crippen LogP contribution in [0.5, 0.6) is 0 Å². The number of benzene rings is 1. The number of carboxylic acids is 1. The van der Waals surface area contributed by atoms with Gasteiger partial charge in [-0.15, -0.1) is 6.58 Å². The summed E-state index contributed by atoms with van der Waals surface area (Å²) in [6, 6.07) is 1.76. The maximum Gasteiger partial charge on any atom is 0.414 e. The van der Waals surface area contributed by atoms with Crippen molar-refractivity contribution < 1.29 is 42.9 Å². The van der Waals surface area contributed by atoms with Crippen LogP contribution < -0.4 is 15.6 Å². The van der Waals surface area contributed by atoms with Crippen LogP contribution in [0.15, 0.2) is 35.8 Å². The van der Waals surface area contributed by atoms with Crippen LogP contribution in [-0.2, 0) is 14.3 Å². The van der Waals surface area contributed by atoms with Crippen molar-refractivity contribution in [3.05, 3.63) is 52.6 Å². The van der Waals surface area contributed by atoms with Crippen molar-refractivity contribution in [2.75, 3.05) is 18.0 Å². The van der Waals surface area contributed by atoms with Crippen molar-refractivity contribution in [3.63, 3.8) is 0 Å². The molecular formula is C40H49F2N3O8. The lowest BCUT2D eigenvalue weighted by Crippen LogP contribution is -2.63. The SMILES string of the molecule is C=C[C@]1(C)C[C@@H](OC(=O)NC(=O)C2CCN(c3cc4c(cc3F)c(=O)c(C(=O)O)cn4[C@@H]3C[C@@H]3F)CC2)[C@@]2(C)C3C(=O)CCC3(CC[C@H]2C)[C@@H](C)[C@@H]1O. The van der Waals surface area contributed by atoms with E-state index in [0.717, 1.165) is 25.1 Å². The van der Waals surface area contributed by atoms with Gasteiger partial charge in [0.15, 0.2) is 0 Å². The number of halogens is 2. The van der Waals surface area contributed by atoms with Crippen LogP contribution in [-0.4, -0.2) is 70.0 Å². The van der Waals surface area contributed by atoms with E-state index in [4.69, 9.17) is 4.74 Å². The third-order valence-corrected chi connectivity index (χ3v) is 14.4. The highest BCUT2D eigenvalue weighted by Crippen LogP contribution is 2.68. The molecule has 10 atom stereocenters. The van der Waals surface area contributed by atoms with Crippen LogP contribution in [0.25, 0.3) is 10.9 Å². The van der Waals surface area contributed by atoms with Crippen molar-refractivity contribution in [2.24, 2.45) is 39.9 Å². The molecule has 1 aromatic heterocycles. The number of hydrogen-bond donors (Lipinski definition) is 3. The van der Waals surface area contributed by atoms with Gasteiger partial charge in [0.2, 0.25) is 11.3 Å². The second kappa shape index (κ2) is 13.0. The van der Waals surface area contributed by atoms with Crippen molar-refractivity contribution >= 4 is 40.3 Å². The lowest BCUT2D eigenvalue weighted by molar-refractivity contribution is -0.191. The number of ketones is 1. The predicted molar refractivity (Wildman–Crippen MR) is 192 cm³/mol. The van der Waals surface area contributed by atoms with Gasteiger partial charge in [0, 0.05) is 60.2 Å². The Morgan fingerprint density at radius 3 is 2.40 bits per heavy atom. The number of carbonyl (C=O) groups excluding carboxylic acids is 3. The van der Waals surface area contributed by atoms with Gasteiger partial charge in [-0.1, -0.05) is 33.8 Å². The minimum Gasteiger partial charge on any atom is -0.477 e. The summed E-state index contributed by atoms with van der Waals surface area (Å²) in [6.07, 6.45) is 2.73. The second-order valence-electron chi connectivity index (χ2n) is 17.0. The van der Waals surface area contributed by atoms with Crippen LogP contribution in [0.3, 0.4) is 0 Å². The number of carbonyl (C=O) groups is 4. The van der Waals surface area contributed by atoms with Gasteiger partial charge in [-0.25, -0.2) is 18.4 Å². The number of alkyl halides is 1. The van der Waals surface area contributed by atoms with Gasteiger partial charge >= 0.3 is 12.1 Å². The molecule has 1 aromatic carbocycles. The van der Waals surface area contributed by atoms with E-state index in [1.807, 2.05) is 20.8 Å². The van der Waals surface area contributed by atoms with Crippen LogP contribution >= 0.6 is 0 Å². The van der Waals surface area contributed by atoms with Gasteiger partial charge in [-0.05, 0) is 67.9 Å². The summed E-state index contributed by atoms with van der Waals surface area (Å²) < 4.78 is 37.2. The van der Waals surface area contributed by atoms with E-state index in [2.05, 4.69) is 18.8 Å². The molecule has 11 nitrogen and oxygen atoms in total. The van der Waals surface area contributed by atoms with Crippen LogP contribution in [0.2, 0.25) is 0 Å². The third kappa shape index (κ3) is 5.79. The van der Waals surface area contributed by atoms with E-state index in [9.17, 15) is 38.6 Å². The fourth-order valence-corrected chi connectivity index (χ4v) is 10.7. The number of aromatic carboxylic acids is 1. The first-order valence-corrected chi connectivity index (χ1v) is 18.8. The number of rotatable bonds is 6. The number of nitrogens with one attached hydrogen (secondary N) is 1. The first kappa shape index (κ1) is 37.2. The summed E-state index contributed by atoms with van der Waals surface area (Å²) in [5, 5.41) is 23.6. The molecule has 2 amide bonds. The van der Waals surface area contributed by atoms with Crippen molar-refractivity contribution in [1.82, 2.24) is 9.88 Å². The fraction of sp³-hybridized carbons (Fsp3) is 0.625. The summed E-state index contributed by atoms with van der Waals surface area (Å²) in [6.45, 7) is 12.6. The zero-order valence-electron chi connectivity index (χ0n) is 30.7. The fourth-order valence-electron chi connectivity index (χ4n) is 10.7. The zero-order valence-corrected chi connectivity index (χ0v) is 30.7. The molecule has 7 rings (SSSR count). The van der Waals surface area contributed by atoms with Crippen LogP contribution in [0.1, 0.15) is 95.5 Å². The number of anilines is 1. The number of hydrogen-bond acceptors (Lipinski definition) is 8. The quantitative estimate of drug-likeness (QED) is 0.305. The number of pyridine rings is 1. The summed E-state index contributed by atoms with van der Waals surface area (Å²) in [7, 11) is 0. The van der Waals surface area contributed by atoms with Gasteiger partial charge < -0.3 is 24.4 Å². The van der Waals surface area contributed by atoms with Gasteiger partial charge in [0.05, 0.1) is 23.3 Å². The Bertz CT molecular complexity index is 1960. The summed E-state index contributed by atoms with van der Waals surface area (Å²) in [5.74, 6) is -3.76. The molecule has 13 heteroatoms. The summed E-state index contributed by atoms with van der Waals surface area (Å²) in [4.78, 5) is 67.0. The Morgan fingerprint density at radius 2 is 1.77 bits per heavy atom. The van der Waals surface area contributed by atoms with Gasteiger partial charge in [0.1, 0.15) is 29.4 Å². The summed E-state index contributed by atoms with van der Waals surface area (Å²) in [5.41, 5.74) is -3.03. The van der Waals surface area contributed by atoms with Crippen molar-refractivity contribution in [1.29, 1.82) is 0 Å². The Hall–Kier alpha value is -4.13. The number of nitrogens with zero attached hydrogens (tertiary/aromatic N) is 2. The number of aliphatic hydroxyl groups is 1. The number of alkyl carbamates (subject to hydrolysis) is 1. The highest BCUT2D eigenvalue weighted by atomic mass is 19.1. The third-order valence-electron chi connectivity index (χ3n) is 14.4. The zero-order chi connectivity index (χ0) is 38.4. The average molecular weight is 738 g/mol. The summed E-state index contributed by atoms with van der Waals surface area (Å²) >= 11 is 0. The molecule has 5 aliphatic rings. The molecule has 5 fully saturated rings. The lowest BCUT2D eigenvalue weighted by atomic mass is 9.44. The first-order chi connectivity index (χ1) is 25.0. The number of imide groups is 1. The molecule has 2 aromatic rings. The van der Waals surface area contributed by atoms with E-state index >= 15 is 4.39 Å². The number of ether oxygens (including phenoxy) is 1. The van der Waals surface area contributed by atoms with Crippen LogP contribution in [0.4, 0.5) is 19.3 Å². The highest BCUT2D eigenvalue weighted by Gasteiger charge is 2.68. The van der Waals surface area contributed by atoms with E-state index in [1.54, 1.807) is 11.0 Å². The number of amides is 2. The van der Waals surface area contributed by atoms with Crippen LogP contribution in [0, 0.1) is 45.7 Å². The maximum absolute atomic E-state index is 15.5. The molecule has 2 unspecified atom stereocenters. The molecule has 286 valence electrons. The number of piperidine rings is 1. The molecule has 2 bridgehead atoms. The van der Waals surface area contributed by atoms with E-state index in [-0.39, 0.29) is 73.0 Å². The normalized spacial score (nSPS) is 37.0. The second-order valence-corrected chi connectivity index (χ2v) is 17.0. The monoisotopic (exact) mass is 737 g/mol. The van der Waals surface area contributed by atoms with E-state index in [0.29, 0.717) is 12.8 Å². The number of Topliss-reactive ketones (excluding diaryl/α,β-unsaturated/α-hetero) is 1. The first-order valence-electron chi connectivity index (χ1n) is 18.8. The Balaban J connectivity index is 1.07. The van der Waals surface area contributed by atoms with Crippen molar-refractivity contribution in [3.8, 4) is 0 Å². The van der Waals surface area contributed by atoms with Gasteiger partial charge in [-0.3, -0.25) is 19.7 Å². The molecule has 1 aliphatic heterocycles. The standard InChI is InChI=1S/C40H49F2N3O8/c1-6-38(4)18-31(39(5)20(2)7-11-40(21(3)34(38)48)12-8-30(46)33(39)40)53-37(52)43-35(49)22-9-13-44(14-10-22)28-17-27-23(15-25(28)41)32(47)24(36(50)51)19-45(27)29-16-26(29)42/h6,15,17,19-22,26,29,31,33-34,48H,1,7-14,16,18H2,2-5H3,(H,50,51)(H,43,49,52)/t20-,21+,26+,29-,31-,33?,34+,38-,39+,40?/m1/s1. The Kier molecular flexibility index (Phi) is 9.14. The topological polar surface area (TPSA) is 155 Å². The molecule has 3 N–H and O–H groups in total. The smallest absolute Gasteiger partial charge is 0.414 e. The van der Waals surface area contributed by atoms with Crippen molar-refractivity contribution in [2.45, 2.75) is 103 Å². The molecule has 0 spiro atoms. The maximum atomic E-state index is 15.5. The minimum atomic E-state index is -1.48. The number of fused-ring (bicyclic) bond motifs is 1. The predicted octanol–water partition coefficient (Wildman–Crippen LogP) is 5.95. The molecule has 4 saturated carbocycles. The molecule has 2 heterocycles. The number of carboxylic acid groups (broad SMARTS) is 1.